The third kappa shape index (κ3) is 6.92. The lowest BCUT2D eigenvalue weighted by molar-refractivity contribution is -0.384. The molecule has 0 saturated carbocycles. The van der Waals surface area contributed by atoms with Crippen LogP contribution in [0.5, 0.6) is 11.6 Å². The molecule has 0 spiro atoms. The minimum atomic E-state index is -3.97. The van der Waals surface area contributed by atoms with E-state index in [0.717, 1.165) is 11.1 Å². The quantitative estimate of drug-likeness (QED) is 0.143. The topological polar surface area (TPSA) is 134 Å². The van der Waals surface area contributed by atoms with E-state index in [1.165, 1.54) is 30.6 Å². The molecule has 11 heteroatoms. The van der Waals surface area contributed by atoms with Crippen LogP contribution in [0.3, 0.4) is 0 Å². The van der Waals surface area contributed by atoms with Gasteiger partial charge in [-0.25, -0.2) is 18.4 Å². The van der Waals surface area contributed by atoms with Gasteiger partial charge in [0.05, 0.1) is 15.4 Å². The zero-order valence-electron chi connectivity index (χ0n) is 22.6. The summed E-state index contributed by atoms with van der Waals surface area (Å²) in [6.45, 7) is 8.32. The van der Waals surface area contributed by atoms with Crippen molar-refractivity contribution in [2.45, 2.75) is 38.0 Å². The summed E-state index contributed by atoms with van der Waals surface area (Å²) < 4.78 is 40.8. The molecule has 4 rings (SSSR count). The molecule has 0 atom stereocenters. The van der Waals surface area contributed by atoms with Crippen molar-refractivity contribution in [2.75, 3.05) is 17.9 Å². The highest BCUT2D eigenvalue weighted by Crippen LogP contribution is 2.35. The van der Waals surface area contributed by atoms with Crippen molar-refractivity contribution >= 4 is 21.5 Å². The number of nitro benzene ring substituents is 1. The molecule has 0 aliphatic carbocycles. The Balaban J connectivity index is 1.57. The van der Waals surface area contributed by atoms with Crippen LogP contribution in [-0.2, 0) is 15.4 Å². The fourth-order valence-corrected chi connectivity index (χ4v) is 4.84. The summed E-state index contributed by atoms with van der Waals surface area (Å²) in [5.74, 6) is 0.693. The predicted octanol–water partition coefficient (Wildman–Crippen LogP) is 5.92. The van der Waals surface area contributed by atoms with Gasteiger partial charge in [0.15, 0.2) is 5.82 Å². The Morgan fingerprint density at radius 3 is 2.10 bits per heavy atom. The molecule has 0 amide bonds. The van der Waals surface area contributed by atoms with Crippen LogP contribution in [0, 0.1) is 17.0 Å². The lowest BCUT2D eigenvalue weighted by Crippen LogP contribution is -2.17. The van der Waals surface area contributed by atoms with Gasteiger partial charge >= 0.3 is 0 Å². The van der Waals surface area contributed by atoms with Crippen molar-refractivity contribution in [3.63, 3.8) is 0 Å². The Hall–Kier alpha value is -4.51. The zero-order valence-corrected chi connectivity index (χ0v) is 23.4. The van der Waals surface area contributed by atoms with E-state index in [1.807, 2.05) is 31.2 Å². The molecule has 0 aliphatic heterocycles. The van der Waals surface area contributed by atoms with Gasteiger partial charge in [-0.2, -0.15) is 0 Å². The van der Waals surface area contributed by atoms with Gasteiger partial charge in [0.2, 0.25) is 5.88 Å². The van der Waals surface area contributed by atoms with Crippen molar-refractivity contribution in [3.8, 4) is 22.8 Å². The van der Waals surface area contributed by atoms with Crippen LogP contribution >= 0.6 is 0 Å². The highest BCUT2D eigenvalue weighted by molar-refractivity contribution is 7.92. The van der Waals surface area contributed by atoms with E-state index in [2.05, 4.69) is 35.5 Å². The van der Waals surface area contributed by atoms with Gasteiger partial charge in [-0.1, -0.05) is 62.7 Å². The third-order valence-corrected chi connectivity index (χ3v) is 7.41. The zero-order chi connectivity index (χ0) is 28.9. The molecule has 1 heterocycles. The Labute approximate surface area is 233 Å². The number of nitrogens with one attached hydrogen (secondary N) is 1. The highest BCUT2D eigenvalue weighted by Gasteiger charge is 2.22. The predicted molar refractivity (Wildman–Crippen MR) is 152 cm³/mol. The van der Waals surface area contributed by atoms with Crippen LogP contribution < -0.4 is 14.2 Å². The van der Waals surface area contributed by atoms with Crippen molar-refractivity contribution in [3.05, 3.63) is 100 Å². The van der Waals surface area contributed by atoms with Crippen LogP contribution in [0.4, 0.5) is 11.5 Å². The molecule has 208 valence electrons. The smallest absolute Gasteiger partial charge is 0.269 e. The number of sulfonamides is 1. The summed E-state index contributed by atoms with van der Waals surface area (Å²) >= 11 is 0. The summed E-state index contributed by atoms with van der Waals surface area (Å²) in [5, 5.41) is 10.8. The summed E-state index contributed by atoms with van der Waals surface area (Å²) in [7, 11) is -3.97. The Morgan fingerprint density at radius 1 is 0.875 bits per heavy atom. The lowest BCUT2D eigenvalue weighted by Gasteiger charge is -2.19. The van der Waals surface area contributed by atoms with Crippen molar-refractivity contribution in [1.29, 1.82) is 0 Å². The fourth-order valence-electron chi connectivity index (χ4n) is 3.82. The first kappa shape index (κ1) is 28.5. The molecule has 0 fully saturated rings. The summed E-state index contributed by atoms with van der Waals surface area (Å²) in [6, 6.07) is 19.9. The Kier molecular flexibility index (Phi) is 8.34. The normalized spacial score (nSPS) is 11.6. The number of aryl methyl sites for hydroxylation is 1. The number of aromatic nitrogens is 2. The first-order valence-corrected chi connectivity index (χ1v) is 14.0. The largest absolute Gasteiger partial charge is 0.490 e. The maximum absolute atomic E-state index is 13.3. The Morgan fingerprint density at radius 2 is 1.50 bits per heavy atom. The van der Waals surface area contributed by atoms with Gasteiger partial charge in [0.25, 0.3) is 15.7 Å². The molecule has 0 unspecified atom stereocenters. The number of rotatable bonds is 10. The van der Waals surface area contributed by atoms with Gasteiger partial charge in [0.1, 0.15) is 25.3 Å². The van der Waals surface area contributed by atoms with Gasteiger partial charge in [-0.3, -0.25) is 14.8 Å². The molecule has 3 aromatic carbocycles. The molecular weight excluding hydrogens is 532 g/mol. The molecule has 10 nitrogen and oxygen atoms in total. The van der Waals surface area contributed by atoms with E-state index in [-0.39, 0.29) is 40.9 Å². The van der Waals surface area contributed by atoms with Gasteiger partial charge in [-0.05, 0) is 47.7 Å². The van der Waals surface area contributed by atoms with E-state index in [9.17, 15) is 18.5 Å². The maximum Gasteiger partial charge on any atom is 0.269 e. The number of non-ortho nitro benzene ring substituents is 1. The Bertz CT molecular complexity index is 1580. The minimum Gasteiger partial charge on any atom is -0.490 e. The average molecular weight is 563 g/mol. The van der Waals surface area contributed by atoms with Crippen molar-refractivity contribution in [1.82, 2.24) is 9.97 Å². The summed E-state index contributed by atoms with van der Waals surface area (Å²) in [6.07, 6.45) is 1.23. The maximum atomic E-state index is 13.3. The third-order valence-electron chi connectivity index (χ3n) is 6.05. The van der Waals surface area contributed by atoms with E-state index >= 15 is 0 Å². The van der Waals surface area contributed by atoms with Crippen molar-refractivity contribution in [2.24, 2.45) is 0 Å². The van der Waals surface area contributed by atoms with Gasteiger partial charge < -0.3 is 9.47 Å². The van der Waals surface area contributed by atoms with E-state index in [0.29, 0.717) is 16.9 Å². The SMILES string of the molecule is Cc1ccc(-c2c(NS(=O)(=O)c3ccc(C(C)(C)C)cc3)ncnc2OCCOc2ccc([N+](=O)[O-])cc2)cc1. The van der Waals surface area contributed by atoms with Crippen LogP contribution in [0.2, 0.25) is 0 Å². The number of nitrogens with zero attached hydrogens (tertiary/aromatic N) is 3. The number of ether oxygens (including phenoxy) is 2. The fraction of sp³-hybridized carbons (Fsp3) is 0.241. The first-order chi connectivity index (χ1) is 18.9. The van der Waals surface area contributed by atoms with Crippen LogP contribution in [-0.4, -0.2) is 36.5 Å². The second-order valence-electron chi connectivity index (χ2n) is 10.1. The molecule has 1 N–H and O–H groups in total. The van der Waals surface area contributed by atoms with Gasteiger partial charge in [-0.15, -0.1) is 0 Å². The number of hydrogen-bond donors (Lipinski definition) is 1. The van der Waals surface area contributed by atoms with E-state index < -0.39 is 14.9 Å². The number of benzene rings is 3. The van der Waals surface area contributed by atoms with Gasteiger partial charge in [0, 0.05) is 12.1 Å². The molecule has 40 heavy (non-hydrogen) atoms. The molecule has 4 aromatic rings. The second-order valence-corrected chi connectivity index (χ2v) is 11.8. The molecular formula is C29H30N4O6S. The molecule has 0 radical (unpaired) electrons. The monoisotopic (exact) mass is 562 g/mol. The van der Waals surface area contributed by atoms with Crippen LogP contribution in [0.25, 0.3) is 11.1 Å². The number of nitro groups is 1. The first-order valence-electron chi connectivity index (χ1n) is 12.5. The highest BCUT2D eigenvalue weighted by atomic mass is 32.2. The average Bonchev–Trinajstić information content (AvgIpc) is 2.91. The van der Waals surface area contributed by atoms with E-state index in [4.69, 9.17) is 9.47 Å². The minimum absolute atomic E-state index is 0.0348. The van der Waals surface area contributed by atoms with Crippen LogP contribution in [0.15, 0.2) is 84.0 Å². The molecule has 0 saturated heterocycles. The number of hydrogen-bond acceptors (Lipinski definition) is 8. The summed E-state index contributed by atoms with van der Waals surface area (Å²) in [4.78, 5) is 18.9. The van der Waals surface area contributed by atoms with E-state index in [1.54, 1.807) is 24.3 Å². The molecule has 1 aromatic heterocycles. The number of anilines is 1. The van der Waals surface area contributed by atoms with Crippen LogP contribution in [0.1, 0.15) is 31.9 Å². The summed E-state index contributed by atoms with van der Waals surface area (Å²) in [5.41, 5.74) is 2.94. The lowest BCUT2D eigenvalue weighted by atomic mass is 9.87. The second kappa shape index (κ2) is 11.7. The standard InChI is InChI=1S/C29H30N4O6S/c1-20-5-7-21(8-6-20)26-27(32-40(36,37)25-15-9-22(10-16-25)29(2,3)4)30-19-31-28(26)39-18-17-38-24-13-11-23(12-14-24)33(34)35/h5-16,19H,17-18H2,1-4H3,(H,30,31,32). The van der Waals surface area contributed by atoms with Crippen molar-refractivity contribution < 1.29 is 22.8 Å². The molecule has 0 aliphatic rings. The molecule has 0 bridgehead atoms.